The number of methoxy groups -OCH3 is 2. The van der Waals surface area contributed by atoms with Gasteiger partial charge in [0.05, 0.1) is 26.5 Å². The molecule has 8 heteroatoms. The maximum Gasteiger partial charge on any atom is 0.357 e. The maximum absolute atomic E-state index is 12.9. The molecular weight excluding hydrogens is 354 g/mol. The lowest BCUT2D eigenvalue weighted by Crippen LogP contribution is -2.47. The van der Waals surface area contributed by atoms with Gasteiger partial charge in [0, 0.05) is 10.9 Å². The molecule has 0 atom stereocenters. The molecule has 0 bridgehead atoms. The maximum atomic E-state index is 12.9. The van der Waals surface area contributed by atoms with E-state index in [1.165, 1.54) is 18.4 Å². The Morgan fingerprint density at radius 3 is 2.54 bits per heavy atom. The van der Waals surface area contributed by atoms with Crippen molar-refractivity contribution in [2.75, 3.05) is 19.5 Å². The number of esters is 1. The molecule has 0 saturated heterocycles. The Balaban J connectivity index is 2.20. The molecule has 0 unspecified atom stereocenters. The van der Waals surface area contributed by atoms with Crippen LogP contribution in [0.2, 0.25) is 0 Å². The average Bonchev–Trinajstić information content (AvgIpc) is 3.07. The number of thiazole rings is 1. The van der Waals surface area contributed by atoms with Gasteiger partial charge >= 0.3 is 12.0 Å². The quantitative estimate of drug-likeness (QED) is 0.802. The number of aromatic nitrogens is 1. The van der Waals surface area contributed by atoms with Crippen LogP contribution in [0.4, 0.5) is 10.5 Å². The van der Waals surface area contributed by atoms with E-state index in [-0.39, 0.29) is 18.3 Å². The van der Waals surface area contributed by atoms with Gasteiger partial charge in [-0.2, -0.15) is 0 Å². The number of hydrogen-bond donors (Lipinski definition) is 1. The zero-order valence-corrected chi connectivity index (χ0v) is 16.3. The minimum atomic E-state index is -0.492. The van der Waals surface area contributed by atoms with Crippen molar-refractivity contribution < 1.29 is 19.1 Å². The zero-order valence-electron chi connectivity index (χ0n) is 15.5. The smallest absolute Gasteiger partial charge is 0.357 e. The van der Waals surface area contributed by atoms with Crippen molar-refractivity contribution in [2.24, 2.45) is 0 Å². The summed E-state index contributed by atoms with van der Waals surface area (Å²) in [5, 5.41) is 5.15. The zero-order chi connectivity index (χ0) is 19.3. The number of rotatable bonds is 5. The fourth-order valence-corrected chi connectivity index (χ4v) is 3.01. The van der Waals surface area contributed by atoms with Crippen molar-refractivity contribution in [3.05, 3.63) is 40.3 Å². The molecule has 1 N–H and O–H groups in total. The number of carbonyl (C=O) groups excluding carboxylic acids is 2. The van der Waals surface area contributed by atoms with E-state index in [0.29, 0.717) is 16.4 Å². The summed E-state index contributed by atoms with van der Waals surface area (Å²) < 4.78 is 9.95. The Labute approximate surface area is 156 Å². The molecule has 26 heavy (non-hydrogen) atoms. The normalized spacial score (nSPS) is 11.0. The van der Waals surface area contributed by atoms with Gasteiger partial charge in [-0.3, -0.25) is 0 Å². The average molecular weight is 377 g/mol. The Morgan fingerprint density at radius 2 is 1.92 bits per heavy atom. The van der Waals surface area contributed by atoms with E-state index in [1.54, 1.807) is 29.5 Å². The second-order valence-electron chi connectivity index (χ2n) is 6.51. The van der Waals surface area contributed by atoms with Gasteiger partial charge in [-0.15, -0.1) is 11.3 Å². The number of hydrogen-bond acceptors (Lipinski definition) is 6. The van der Waals surface area contributed by atoms with Crippen LogP contribution in [0.25, 0.3) is 0 Å². The van der Waals surface area contributed by atoms with Crippen LogP contribution in [0, 0.1) is 0 Å². The van der Waals surface area contributed by atoms with Gasteiger partial charge in [0.25, 0.3) is 0 Å². The SMILES string of the molecule is COC(=O)c1csc(CN(C(=O)Nc2ccccc2OC)C(C)(C)C)n1. The summed E-state index contributed by atoms with van der Waals surface area (Å²) in [4.78, 5) is 30.4. The van der Waals surface area contributed by atoms with E-state index in [9.17, 15) is 9.59 Å². The first-order chi connectivity index (χ1) is 12.3. The van der Waals surface area contributed by atoms with Gasteiger partial charge < -0.3 is 19.7 Å². The first-order valence-electron chi connectivity index (χ1n) is 8.00. The molecular formula is C18H23N3O4S. The summed E-state index contributed by atoms with van der Waals surface area (Å²) in [7, 11) is 2.86. The number of anilines is 1. The number of benzene rings is 1. The van der Waals surface area contributed by atoms with Crippen molar-refractivity contribution in [2.45, 2.75) is 32.9 Å². The summed E-state index contributed by atoms with van der Waals surface area (Å²) in [5.74, 6) is 0.0882. The molecule has 0 aliphatic rings. The molecule has 1 aromatic carbocycles. The van der Waals surface area contributed by atoms with E-state index in [1.807, 2.05) is 32.9 Å². The van der Waals surface area contributed by atoms with Gasteiger partial charge in [-0.1, -0.05) is 12.1 Å². The molecule has 2 aromatic rings. The highest BCUT2D eigenvalue weighted by Crippen LogP contribution is 2.26. The van der Waals surface area contributed by atoms with Crippen molar-refractivity contribution in [3.8, 4) is 5.75 Å². The topological polar surface area (TPSA) is 80.8 Å². The van der Waals surface area contributed by atoms with E-state index in [4.69, 9.17) is 4.74 Å². The highest BCUT2D eigenvalue weighted by Gasteiger charge is 2.28. The molecule has 0 spiro atoms. The van der Waals surface area contributed by atoms with Crippen LogP contribution >= 0.6 is 11.3 Å². The van der Waals surface area contributed by atoms with Crippen molar-refractivity contribution in [3.63, 3.8) is 0 Å². The summed E-state index contributed by atoms with van der Waals surface area (Å²) in [5.41, 5.74) is 0.374. The van der Waals surface area contributed by atoms with Gasteiger partial charge in [0.2, 0.25) is 0 Å². The molecule has 2 amide bonds. The third-order valence-electron chi connectivity index (χ3n) is 3.64. The van der Waals surface area contributed by atoms with Crippen LogP contribution in [0.3, 0.4) is 0 Å². The third kappa shape index (κ3) is 4.72. The third-order valence-corrected chi connectivity index (χ3v) is 4.48. The number of amides is 2. The largest absolute Gasteiger partial charge is 0.495 e. The number of carbonyl (C=O) groups is 2. The van der Waals surface area contributed by atoms with Crippen LogP contribution in [0.1, 0.15) is 36.3 Å². The molecule has 0 saturated carbocycles. The lowest BCUT2D eigenvalue weighted by Gasteiger charge is -2.35. The monoisotopic (exact) mass is 377 g/mol. The van der Waals surface area contributed by atoms with E-state index < -0.39 is 11.5 Å². The fraction of sp³-hybridized carbons (Fsp3) is 0.389. The van der Waals surface area contributed by atoms with Crippen molar-refractivity contribution in [1.82, 2.24) is 9.88 Å². The number of nitrogens with zero attached hydrogens (tertiary/aromatic N) is 2. The molecule has 0 radical (unpaired) electrons. The van der Waals surface area contributed by atoms with Gasteiger partial charge in [0.15, 0.2) is 5.69 Å². The Morgan fingerprint density at radius 1 is 1.23 bits per heavy atom. The van der Waals surface area contributed by atoms with Crippen molar-refractivity contribution >= 4 is 29.0 Å². The second kappa shape index (κ2) is 8.18. The Kier molecular flexibility index (Phi) is 6.20. The Bertz CT molecular complexity index is 783. The second-order valence-corrected chi connectivity index (χ2v) is 7.45. The van der Waals surface area contributed by atoms with Crippen LogP contribution in [-0.2, 0) is 11.3 Å². The van der Waals surface area contributed by atoms with E-state index >= 15 is 0 Å². The van der Waals surface area contributed by atoms with Gasteiger partial charge in [-0.05, 0) is 32.9 Å². The minimum Gasteiger partial charge on any atom is -0.495 e. The molecule has 1 heterocycles. The summed E-state index contributed by atoms with van der Waals surface area (Å²) in [6, 6.07) is 6.93. The van der Waals surface area contributed by atoms with Gasteiger partial charge in [-0.25, -0.2) is 14.6 Å². The predicted molar refractivity (Wildman–Crippen MR) is 101 cm³/mol. The molecule has 2 rings (SSSR count). The van der Waals surface area contributed by atoms with Gasteiger partial charge in [0.1, 0.15) is 10.8 Å². The molecule has 0 aliphatic carbocycles. The first kappa shape index (κ1) is 19.7. The molecule has 7 nitrogen and oxygen atoms in total. The summed E-state index contributed by atoms with van der Waals surface area (Å²) in [6.07, 6.45) is 0. The lowest BCUT2D eigenvalue weighted by atomic mass is 10.1. The fourth-order valence-electron chi connectivity index (χ4n) is 2.26. The molecule has 0 fully saturated rings. The van der Waals surface area contributed by atoms with Crippen molar-refractivity contribution in [1.29, 1.82) is 0 Å². The molecule has 1 aromatic heterocycles. The molecule has 0 aliphatic heterocycles. The highest BCUT2D eigenvalue weighted by molar-refractivity contribution is 7.09. The van der Waals surface area contributed by atoms with Crippen LogP contribution < -0.4 is 10.1 Å². The summed E-state index contributed by atoms with van der Waals surface area (Å²) in [6.45, 7) is 6.07. The minimum absolute atomic E-state index is 0.242. The highest BCUT2D eigenvalue weighted by atomic mass is 32.1. The molecule has 140 valence electrons. The van der Waals surface area contributed by atoms with Crippen LogP contribution in [-0.4, -0.2) is 41.6 Å². The number of ether oxygens (including phenoxy) is 2. The number of urea groups is 1. The standard InChI is InChI=1S/C18H23N3O4S/c1-18(2,3)21(10-15-19-13(11-26-15)16(22)25-5)17(23)20-12-8-6-7-9-14(12)24-4/h6-9,11H,10H2,1-5H3,(H,20,23). The van der Waals surface area contributed by atoms with E-state index in [0.717, 1.165) is 0 Å². The Hall–Kier alpha value is -2.61. The first-order valence-corrected chi connectivity index (χ1v) is 8.88. The van der Waals surface area contributed by atoms with Crippen LogP contribution in [0.5, 0.6) is 5.75 Å². The predicted octanol–water partition coefficient (Wildman–Crippen LogP) is 3.77. The number of nitrogens with one attached hydrogen (secondary N) is 1. The lowest BCUT2D eigenvalue weighted by molar-refractivity contribution is 0.0594. The summed E-state index contributed by atoms with van der Waals surface area (Å²) >= 11 is 1.31. The number of para-hydroxylation sites is 2. The van der Waals surface area contributed by atoms with E-state index in [2.05, 4.69) is 15.0 Å². The van der Waals surface area contributed by atoms with Crippen LogP contribution in [0.15, 0.2) is 29.6 Å².